The van der Waals surface area contributed by atoms with Crippen molar-refractivity contribution in [3.05, 3.63) is 29.3 Å². The third kappa shape index (κ3) is 3.50. The van der Waals surface area contributed by atoms with Gasteiger partial charge in [-0.05, 0) is 61.3 Å². The van der Waals surface area contributed by atoms with Gasteiger partial charge in [0.2, 0.25) is 5.16 Å². The predicted molar refractivity (Wildman–Crippen MR) is 89.6 cm³/mol. The van der Waals surface area contributed by atoms with Gasteiger partial charge in [-0.15, -0.1) is 5.10 Å². The average molecular weight is 317 g/mol. The summed E-state index contributed by atoms with van der Waals surface area (Å²) in [5, 5.41) is 13.2. The molecule has 0 unspecified atom stereocenters. The number of hydrogen-bond acceptors (Lipinski definition) is 5. The number of aryl methyl sites for hydroxylation is 2. The zero-order chi connectivity index (χ0) is 15.4. The fraction of sp³-hybridized carbons (Fsp3) is 0.562. The maximum Gasteiger partial charge on any atom is 0.214 e. The molecule has 3 rings (SSSR count). The number of nitrogens with zero attached hydrogens (tertiary/aromatic N) is 5. The van der Waals surface area contributed by atoms with Crippen LogP contribution in [0.1, 0.15) is 30.4 Å². The highest BCUT2D eigenvalue weighted by molar-refractivity contribution is 7.99. The van der Waals surface area contributed by atoms with Gasteiger partial charge in [0.25, 0.3) is 0 Å². The third-order valence-corrected chi connectivity index (χ3v) is 5.08. The van der Waals surface area contributed by atoms with Gasteiger partial charge in [0, 0.05) is 12.3 Å². The van der Waals surface area contributed by atoms with Gasteiger partial charge in [-0.25, -0.2) is 0 Å². The number of benzene rings is 1. The normalized spacial score (nSPS) is 16.1. The molecule has 1 fully saturated rings. The van der Waals surface area contributed by atoms with E-state index in [-0.39, 0.29) is 0 Å². The Hall–Kier alpha value is -1.40. The van der Waals surface area contributed by atoms with E-state index in [1.165, 1.54) is 43.5 Å². The molecule has 0 radical (unpaired) electrons. The van der Waals surface area contributed by atoms with Crippen molar-refractivity contribution in [3.8, 4) is 5.69 Å². The molecule has 1 aromatic carbocycles. The SMILES string of the molecule is Cc1cccc(C)c1-n1nnnc1SCCN1CCCCC1. The number of thioether (sulfide) groups is 1. The lowest BCUT2D eigenvalue weighted by Gasteiger charge is -2.25. The molecule has 0 saturated carbocycles. The van der Waals surface area contributed by atoms with Crippen molar-refractivity contribution >= 4 is 11.8 Å². The lowest BCUT2D eigenvalue weighted by Crippen LogP contribution is -2.31. The minimum Gasteiger partial charge on any atom is -0.303 e. The zero-order valence-electron chi connectivity index (χ0n) is 13.3. The summed E-state index contributed by atoms with van der Waals surface area (Å²) in [5.74, 6) is 1.03. The van der Waals surface area contributed by atoms with E-state index in [1.54, 1.807) is 11.8 Å². The monoisotopic (exact) mass is 317 g/mol. The van der Waals surface area contributed by atoms with E-state index in [0.29, 0.717) is 0 Å². The number of likely N-dealkylation sites (tertiary alicyclic amines) is 1. The zero-order valence-corrected chi connectivity index (χ0v) is 14.1. The van der Waals surface area contributed by atoms with Crippen molar-refractivity contribution in [2.75, 3.05) is 25.4 Å². The molecule has 118 valence electrons. The van der Waals surface area contributed by atoms with Crippen LogP contribution in [0.3, 0.4) is 0 Å². The molecule has 0 atom stereocenters. The molecule has 0 aliphatic carbocycles. The van der Waals surface area contributed by atoms with E-state index < -0.39 is 0 Å². The molecule has 0 N–H and O–H groups in total. The number of aromatic nitrogens is 4. The highest BCUT2D eigenvalue weighted by atomic mass is 32.2. The molecule has 1 saturated heterocycles. The Morgan fingerprint density at radius 1 is 1.09 bits per heavy atom. The minimum absolute atomic E-state index is 0.884. The van der Waals surface area contributed by atoms with E-state index in [4.69, 9.17) is 0 Å². The van der Waals surface area contributed by atoms with Crippen LogP contribution in [0.15, 0.2) is 23.4 Å². The minimum atomic E-state index is 0.884. The highest BCUT2D eigenvalue weighted by Gasteiger charge is 2.14. The van der Waals surface area contributed by atoms with Gasteiger partial charge in [-0.2, -0.15) is 4.68 Å². The van der Waals surface area contributed by atoms with Crippen LogP contribution in [0, 0.1) is 13.8 Å². The fourth-order valence-corrected chi connectivity index (χ4v) is 3.87. The van der Waals surface area contributed by atoms with Gasteiger partial charge in [0.05, 0.1) is 5.69 Å². The van der Waals surface area contributed by atoms with Crippen LogP contribution in [0.25, 0.3) is 5.69 Å². The summed E-state index contributed by atoms with van der Waals surface area (Å²) in [5.41, 5.74) is 3.50. The smallest absolute Gasteiger partial charge is 0.214 e. The fourth-order valence-electron chi connectivity index (χ4n) is 3.00. The number of rotatable bonds is 5. The van der Waals surface area contributed by atoms with E-state index in [2.05, 4.69) is 52.5 Å². The molecule has 0 bridgehead atoms. The lowest BCUT2D eigenvalue weighted by molar-refractivity contribution is 0.242. The van der Waals surface area contributed by atoms with E-state index in [0.717, 1.165) is 23.1 Å². The molecule has 22 heavy (non-hydrogen) atoms. The van der Waals surface area contributed by atoms with Crippen molar-refractivity contribution in [1.29, 1.82) is 0 Å². The highest BCUT2D eigenvalue weighted by Crippen LogP contribution is 2.23. The molecule has 6 heteroatoms. The number of para-hydroxylation sites is 1. The Morgan fingerprint density at radius 3 is 2.55 bits per heavy atom. The van der Waals surface area contributed by atoms with Gasteiger partial charge >= 0.3 is 0 Å². The predicted octanol–water partition coefficient (Wildman–Crippen LogP) is 2.86. The maximum absolute atomic E-state index is 4.20. The first-order chi connectivity index (χ1) is 10.8. The Kier molecular flexibility index (Phi) is 5.10. The first-order valence-electron chi connectivity index (χ1n) is 7.96. The van der Waals surface area contributed by atoms with Crippen LogP contribution in [0.2, 0.25) is 0 Å². The van der Waals surface area contributed by atoms with Crippen molar-refractivity contribution in [3.63, 3.8) is 0 Å². The first-order valence-corrected chi connectivity index (χ1v) is 8.94. The molecule has 0 spiro atoms. The van der Waals surface area contributed by atoms with Gasteiger partial charge in [0.15, 0.2) is 0 Å². The summed E-state index contributed by atoms with van der Waals surface area (Å²) < 4.78 is 1.88. The van der Waals surface area contributed by atoms with Crippen molar-refractivity contribution < 1.29 is 0 Å². The third-order valence-electron chi connectivity index (χ3n) is 4.18. The topological polar surface area (TPSA) is 46.8 Å². The molecule has 0 amide bonds. The molecule has 2 aromatic rings. The van der Waals surface area contributed by atoms with Gasteiger partial charge in [-0.1, -0.05) is 36.4 Å². The molecular weight excluding hydrogens is 294 g/mol. The Morgan fingerprint density at radius 2 is 1.82 bits per heavy atom. The Bertz CT molecular complexity index is 598. The summed E-state index contributed by atoms with van der Waals surface area (Å²) >= 11 is 1.74. The summed E-state index contributed by atoms with van der Waals surface area (Å²) in [4.78, 5) is 2.55. The average Bonchev–Trinajstić information content (AvgIpc) is 2.96. The van der Waals surface area contributed by atoms with E-state index >= 15 is 0 Å². The molecule has 1 aromatic heterocycles. The van der Waals surface area contributed by atoms with Crippen LogP contribution in [-0.2, 0) is 0 Å². The van der Waals surface area contributed by atoms with Crippen LogP contribution in [-0.4, -0.2) is 50.5 Å². The summed E-state index contributed by atoms with van der Waals surface area (Å²) in [7, 11) is 0. The van der Waals surface area contributed by atoms with Crippen LogP contribution < -0.4 is 0 Å². The molecule has 5 nitrogen and oxygen atoms in total. The molecule has 2 heterocycles. The standard InChI is InChI=1S/C16H23N5S/c1-13-7-6-8-14(2)15(13)21-16(17-18-19-21)22-12-11-20-9-4-3-5-10-20/h6-8H,3-5,9-12H2,1-2H3. The largest absolute Gasteiger partial charge is 0.303 e. The number of hydrogen-bond donors (Lipinski definition) is 0. The molecule has 1 aliphatic heterocycles. The lowest BCUT2D eigenvalue weighted by atomic mass is 10.1. The van der Waals surface area contributed by atoms with Crippen molar-refractivity contribution in [2.24, 2.45) is 0 Å². The molecular formula is C16H23N5S. The summed E-state index contributed by atoms with van der Waals surface area (Å²) in [6, 6.07) is 6.28. The van der Waals surface area contributed by atoms with Crippen LogP contribution in [0.5, 0.6) is 0 Å². The Labute approximate surface area is 136 Å². The Balaban J connectivity index is 1.67. The molecule has 1 aliphatic rings. The van der Waals surface area contributed by atoms with E-state index in [9.17, 15) is 0 Å². The second-order valence-corrected chi connectivity index (χ2v) is 6.93. The number of piperidine rings is 1. The maximum atomic E-state index is 4.20. The van der Waals surface area contributed by atoms with E-state index in [1.807, 2.05) is 4.68 Å². The van der Waals surface area contributed by atoms with Crippen molar-refractivity contribution in [1.82, 2.24) is 25.1 Å². The summed E-state index contributed by atoms with van der Waals surface area (Å²) in [6.07, 6.45) is 4.06. The van der Waals surface area contributed by atoms with Crippen LogP contribution >= 0.6 is 11.8 Å². The first kappa shape index (κ1) is 15.5. The van der Waals surface area contributed by atoms with Gasteiger partial charge in [-0.3, -0.25) is 0 Å². The van der Waals surface area contributed by atoms with Gasteiger partial charge in [0.1, 0.15) is 0 Å². The van der Waals surface area contributed by atoms with Crippen LogP contribution in [0.4, 0.5) is 0 Å². The second kappa shape index (κ2) is 7.24. The second-order valence-electron chi connectivity index (χ2n) is 5.86. The van der Waals surface area contributed by atoms with Crippen molar-refractivity contribution in [2.45, 2.75) is 38.3 Å². The van der Waals surface area contributed by atoms with Gasteiger partial charge < -0.3 is 4.90 Å². The quantitative estimate of drug-likeness (QED) is 0.794. The summed E-state index contributed by atoms with van der Waals surface area (Å²) in [6.45, 7) is 7.80. The number of tetrazole rings is 1.